The largest absolute Gasteiger partial charge is 0.398 e. The number of anilines is 1. The fraction of sp³-hybridized carbons (Fsp3) is 0.250. The summed E-state index contributed by atoms with van der Waals surface area (Å²) in [5, 5.41) is 0. The van der Waals surface area contributed by atoms with Crippen LogP contribution in [0.5, 0.6) is 0 Å². The van der Waals surface area contributed by atoms with Gasteiger partial charge in [0.2, 0.25) is 0 Å². The zero-order valence-electron chi connectivity index (χ0n) is 12.1. The summed E-state index contributed by atoms with van der Waals surface area (Å²) in [4.78, 5) is 18.1. The van der Waals surface area contributed by atoms with E-state index in [1.54, 1.807) is 24.2 Å². The molecule has 0 saturated heterocycles. The summed E-state index contributed by atoms with van der Waals surface area (Å²) in [6.07, 6.45) is 3.36. The van der Waals surface area contributed by atoms with Crippen molar-refractivity contribution in [1.29, 1.82) is 0 Å². The highest BCUT2D eigenvalue weighted by molar-refractivity contribution is 5.95. The van der Waals surface area contributed by atoms with Gasteiger partial charge in [-0.3, -0.25) is 9.78 Å². The third-order valence-corrected chi connectivity index (χ3v) is 3.42. The minimum atomic E-state index is -0.460. The molecule has 1 aromatic carbocycles. The van der Waals surface area contributed by atoms with Crippen molar-refractivity contribution in [1.82, 2.24) is 9.88 Å². The smallest absolute Gasteiger partial charge is 0.254 e. The van der Waals surface area contributed by atoms with E-state index in [9.17, 15) is 9.18 Å². The molecule has 0 unspecified atom stereocenters. The van der Waals surface area contributed by atoms with E-state index in [0.717, 1.165) is 5.56 Å². The molecule has 0 aliphatic carbocycles. The van der Waals surface area contributed by atoms with Crippen molar-refractivity contribution in [2.75, 3.05) is 12.3 Å². The number of carbonyl (C=O) groups excluding carboxylic acids is 1. The Balaban J connectivity index is 2.24. The van der Waals surface area contributed by atoms with Crippen LogP contribution in [-0.2, 0) is 6.54 Å². The van der Waals surface area contributed by atoms with Gasteiger partial charge in [0, 0.05) is 42.3 Å². The first-order valence-electron chi connectivity index (χ1n) is 6.76. The van der Waals surface area contributed by atoms with Crippen LogP contribution in [0.1, 0.15) is 28.4 Å². The summed E-state index contributed by atoms with van der Waals surface area (Å²) in [6, 6.07) is 6.46. The van der Waals surface area contributed by atoms with Crippen LogP contribution in [0, 0.1) is 12.7 Å². The van der Waals surface area contributed by atoms with Gasteiger partial charge in [-0.25, -0.2) is 4.39 Å². The van der Waals surface area contributed by atoms with Crippen molar-refractivity contribution in [3.8, 4) is 0 Å². The SMILES string of the molecule is CCN(Cc1ccncc1)C(=O)c1cc(N)c(C)c(F)c1. The van der Waals surface area contributed by atoms with Crippen molar-refractivity contribution < 1.29 is 9.18 Å². The Morgan fingerprint density at radius 2 is 2.00 bits per heavy atom. The van der Waals surface area contributed by atoms with Crippen LogP contribution in [0.3, 0.4) is 0 Å². The van der Waals surface area contributed by atoms with Crippen LogP contribution in [0.4, 0.5) is 10.1 Å². The summed E-state index contributed by atoms with van der Waals surface area (Å²) in [7, 11) is 0. The minimum Gasteiger partial charge on any atom is -0.398 e. The van der Waals surface area contributed by atoms with Crippen molar-refractivity contribution in [2.45, 2.75) is 20.4 Å². The van der Waals surface area contributed by atoms with Crippen molar-refractivity contribution in [3.05, 3.63) is 59.2 Å². The van der Waals surface area contributed by atoms with Crippen LogP contribution in [0.25, 0.3) is 0 Å². The molecule has 0 aliphatic rings. The van der Waals surface area contributed by atoms with Gasteiger partial charge in [-0.05, 0) is 43.7 Å². The lowest BCUT2D eigenvalue weighted by atomic mass is 10.1. The van der Waals surface area contributed by atoms with Gasteiger partial charge >= 0.3 is 0 Å². The normalized spacial score (nSPS) is 10.4. The summed E-state index contributed by atoms with van der Waals surface area (Å²) >= 11 is 0. The monoisotopic (exact) mass is 287 g/mol. The summed E-state index contributed by atoms with van der Waals surface area (Å²) in [5.41, 5.74) is 7.63. The van der Waals surface area contributed by atoms with E-state index in [1.807, 2.05) is 19.1 Å². The Labute approximate surface area is 123 Å². The molecule has 0 radical (unpaired) electrons. The first-order chi connectivity index (χ1) is 10.0. The van der Waals surface area contributed by atoms with Crippen molar-refractivity contribution in [2.24, 2.45) is 0 Å². The molecule has 2 aromatic rings. The molecule has 0 saturated carbocycles. The van der Waals surface area contributed by atoms with Gasteiger partial charge < -0.3 is 10.6 Å². The molecule has 110 valence electrons. The Bertz CT molecular complexity index is 620. The molecule has 2 N–H and O–H groups in total. The maximum Gasteiger partial charge on any atom is 0.254 e. The van der Waals surface area contributed by atoms with E-state index < -0.39 is 5.82 Å². The predicted octanol–water partition coefficient (Wildman–Crippen LogP) is 2.77. The van der Waals surface area contributed by atoms with Crippen LogP contribution < -0.4 is 5.73 Å². The minimum absolute atomic E-state index is 0.236. The number of nitrogens with two attached hydrogens (primary N) is 1. The molecular weight excluding hydrogens is 269 g/mol. The summed E-state index contributed by atoms with van der Waals surface area (Å²) in [5.74, 6) is -0.696. The second-order valence-corrected chi connectivity index (χ2v) is 4.85. The van der Waals surface area contributed by atoms with Crippen LogP contribution in [-0.4, -0.2) is 22.3 Å². The van der Waals surface area contributed by atoms with Gasteiger partial charge in [0.25, 0.3) is 5.91 Å². The number of hydrogen-bond acceptors (Lipinski definition) is 3. The number of carbonyl (C=O) groups is 1. The Hall–Kier alpha value is -2.43. The molecule has 5 heteroatoms. The Kier molecular flexibility index (Phi) is 4.52. The quantitative estimate of drug-likeness (QED) is 0.880. The summed E-state index contributed by atoms with van der Waals surface area (Å²) in [6.45, 7) is 4.45. The highest BCUT2D eigenvalue weighted by Crippen LogP contribution is 2.19. The highest BCUT2D eigenvalue weighted by Gasteiger charge is 2.17. The Morgan fingerprint density at radius 3 is 2.57 bits per heavy atom. The van der Waals surface area contributed by atoms with E-state index in [0.29, 0.717) is 24.3 Å². The van der Waals surface area contributed by atoms with Gasteiger partial charge in [0.05, 0.1) is 0 Å². The number of nitrogen functional groups attached to an aromatic ring is 1. The van der Waals surface area contributed by atoms with Gasteiger partial charge in [-0.1, -0.05) is 0 Å². The lowest BCUT2D eigenvalue weighted by molar-refractivity contribution is 0.0752. The number of rotatable bonds is 4. The van der Waals surface area contributed by atoms with E-state index in [-0.39, 0.29) is 11.5 Å². The number of hydrogen-bond donors (Lipinski definition) is 1. The van der Waals surface area contributed by atoms with Gasteiger partial charge in [0.15, 0.2) is 0 Å². The van der Waals surface area contributed by atoms with Crippen LogP contribution in [0.15, 0.2) is 36.7 Å². The predicted molar refractivity (Wildman–Crippen MR) is 80.2 cm³/mol. The average Bonchev–Trinajstić information content (AvgIpc) is 2.50. The number of benzene rings is 1. The maximum absolute atomic E-state index is 13.7. The molecule has 0 spiro atoms. The van der Waals surface area contributed by atoms with Gasteiger partial charge in [0.1, 0.15) is 5.82 Å². The fourth-order valence-electron chi connectivity index (χ4n) is 2.04. The van der Waals surface area contributed by atoms with Crippen molar-refractivity contribution >= 4 is 11.6 Å². The number of aromatic nitrogens is 1. The first-order valence-corrected chi connectivity index (χ1v) is 6.76. The zero-order valence-corrected chi connectivity index (χ0v) is 12.1. The second-order valence-electron chi connectivity index (χ2n) is 4.85. The molecule has 4 nitrogen and oxygen atoms in total. The third kappa shape index (κ3) is 3.37. The molecule has 2 rings (SSSR count). The topological polar surface area (TPSA) is 59.2 Å². The van der Waals surface area contributed by atoms with E-state index in [4.69, 9.17) is 5.73 Å². The van der Waals surface area contributed by atoms with E-state index in [2.05, 4.69) is 4.98 Å². The molecule has 0 fully saturated rings. The highest BCUT2D eigenvalue weighted by atomic mass is 19.1. The number of nitrogens with zero attached hydrogens (tertiary/aromatic N) is 2. The number of pyridine rings is 1. The van der Waals surface area contributed by atoms with Crippen LogP contribution in [0.2, 0.25) is 0 Å². The number of halogens is 1. The van der Waals surface area contributed by atoms with E-state index in [1.165, 1.54) is 12.1 Å². The fourth-order valence-corrected chi connectivity index (χ4v) is 2.04. The molecule has 21 heavy (non-hydrogen) atoms. The van der Waals surface area contributed by atoms with Gasteiger partial charge in [-0.15, -0.1) is 0 Å². The third-order valence-electron chi connectivity index (χ3n) is 3.42. The zero-order chi connectivity index (χ0) is 15.4. The molecular formula is C16H18FN3O. The average molecular weight is 287 g/mol. The molecule has 1 amide bonds. The lowest BCUT2D eigenvalue weighted by Crippen LogP contribution is -2.30. The maximum atomic E-state index is 13.7. The second kappa shape index (κ2) is 6.35. The molecule has 1 aromatic heterocycles. The van der Waals surface area contributed by atoms with Gasteiger partial charge in [-0.2, -0.15) is 0 Å². The molecule has 0 aliphatic heterocycles. The first kappa shape index (κ1) is 15.0. The number of amides is 1. The van der Waals surface area contributed by atoms with Crippen LogP contribution >= 0.6 is 0 Å². The summed E-state index contributed by atoms with van der Waals surface area (Å²) < 4.78 is 13.7. The van der Waals surface area contributed by atoms with E-state index >= 15 is 0 Å². The molecule has 1 heterocycles. The van der Waals surface area contributed by atoms with Crippen molar-refractivity contribution in [3.63, 3.8) is 0 Å². The lowest BCUT2D eigenvalue weighted by Gasteiger charge is -2.21. The standard InChI is InChI=1S/C16H18FN3O/c1-3-20(10-12-4-6-19-7-5-12)16(21)13-8-14(17)11(2)15(18)9-13/h4-9H,3,10,18H2,1-2H3. The Morgan fingerprint density at radius 1 is 1.33 bits per heavy atom. The molecule has 0 atom stereocenters. The molecule has 0 bridgehead atoms.